The average Bonchev–Trinajstić information content (AvgIpc) is 2.47. The van der Waals surface area contributed by atoms with Crippen LogP contribution in [0, 0.1) is 6.92 Å². The molecule has 0 fully saturated rings. The summed E-state index contributed by atoms with van der Waals surface area (Å²) < 4.78 is 5.10. The van der Waals surface area contributed by atoms with Crippen molar-refractivity contribution in [3.05, 3.63) is 53.9 Å². The normalized spacial score (nSPS) is 10.7. The van der Waals surface area contributed by atoms with Crippen LogP contribution in [0.3, 0.4) is 0 Å². The molecule has 0 bridgehead atoms. The summed E-state index contributed by atoms with van der Waals surface area (Å²) in [6.07, 6.45) is 1.75. The fourth-order valence-electron chi connectivity index (χ4n) is 1.71. The Bertz CT molecular complexity index is 599. The van der Waals surface area contributed by atoms with Gasteiger partial charge in [0.15, 0.2) is 5.96 Å². The van der Waals surface area contributed by atoms with Crippen LogP contribution >= 0.6 is 24.0 Å². The molecule has 1 aromatic carbocycles. The van der Waals surface area contributed by atoms with E-state index in [0.717, 1.165) is 22.7 Å². The third-order valence-electron chi connectivity index (χ3n) is 2.88. The molecule has 21 heavy (non-hydrogen) atoms. The van der Waals surface area contributed by atoms with Gasteiger partial charge in [0.1, 0.15) is 5.75 Å². The molecule has 0 saturated heterocycles. The van der Waals surface area contributed by atoms with E-state index in [0.29, 0.717) is 12.5 Å². The number of aromatic nitrogens is 1. The van der Waals surface area contributed by atoms with Crippen LogP contribution in [0.5, 0.6) is 5.75 Å². The fourth-order valence-corrected chi connectivity index (χ4v) is 1.71. The molecule has 0 amide bonds. The van der Waals surface area contributed by atoms with Crippen molar-refractivity contribution >= 4 is 35.6 Å². The van der Waals surface area contributed by atoms with E-state index in [9.17, 15) is 0 Å². The minimum atomic E-state index is 0. The smallest absolute Gasteiger partial charge is 0.193 e. The van der Waals surface area contributed by atoms with Gasteiger partial charge in [-0.25, -0.2) is 4.99 Å². The van der Waals surface area contributed by atoms with Crippen LogP contribution in [0.2, 0.25) is 0 Å². The van der Waals surface area contributed by atoms with E-state index >= 15 is 0 Å². The molecule has 5 nitrogen and oxygen atoms in total. The van der Waals surface area contributed by atoms with Gasteiger partial charge >= 0.3 is 0 Å². The lowest BCUT2D eigenvalue weighted by molar-refractivity contribution is 0.415. The molecule has 0 radical (unpaired) electrons. The first-order chi connectivity index (χ1) is 9.69. The van der Waals surface area contributed by atoms with Crippen LogP contribution in [0.15, 0.2) is 47.6 Å². The predicted molar refractivity (Wildman–Crippen MR) is 96.3 cm³/mol. The zero-order chi connectivity index (χ0) is 14.4. The van der Waals surface area contributed by atoms with E-state index in [1.807, 2.05) is 43.3 Å². The van der Waals surface area contributed by atoms with Gasteiger partial charge in [-0.3, -0.25) is 4.98 Å². The number of nitrogens with zero attached hydrogens (tertiary/aromatic N) is 2. The quantitative estimate of drug-likeness (QED) is 0.472. The summed E-state index contributed by atoms with van der Waals surface area (Å²) in [7, 11) is 1.63. The third kappa shape index (κ3) is 5.22. The number of hydrogen-bond donors (Lipinski definition) is 2. The van der Waals surface area contributed by atoms with Crippen LogP contribution in [0.4, 0.5) is 5.69 Å². The van der Waals surface area contributed by atoms with Gasteiger partial charge in [0.2, 0.25) is 0 Å². The number of aryl methyl sites for hydroxylation is 1. The lowest BCUT2D eigenvalue weighted by Gasteiger charge is -2.07. The number of anilines is 1. The number of guanidine groups is 1. The predicted octanol–water partition coefficient (Wildman–Crippen LogP) is 2.94. The van der Waals surface area contributed by atoms with Crippen LogP contribution in [-0.4, -0.2) is 18.1 Å². The highest BCUT2D eigenvalue weighted by molar-refractivity contribution is 14.0. The summed E-state index contributed by atoms with van der Waals surface area (Å²) in [5.41, 5.74) is 8.75. The topological polar surface area (TPSA) is 72.5 Å². The van der Waals surface area contributed by atoms with Crippen LogP contribution in [0.25, 0.3) is 0 Å². The molecule has 0 aliphatic heterocycles. The van der Waals surface area contributed by atoms with Gasteiger partial charge in [-0.05, 0) is 42.8 Å². The van der Waals surface area contributed by atoms with Gasteiger partial charge in [0, 0.05) is 11.9 Å². The van der Waals surface area contributed by atoms with E-state index in [4.69, 9.17) is 10.5 Å². The number of aliphatic imine (C=N–C) groups is 1. The Balaban J connectivity index is 0.00000220. The lowest BCUT2D eigenvalue weighted by atomic mass is 10.2. The first kappa shape index (κ1) is 17.2. The van der Waals surface area contributed by atoms with E-state index in [2.05, 4.69) is 15.3 Å². The zero-order valence-electron chi connectivity index (χ0n) is 12.0. The Morgan fingerprint density at radius 3 is 2.62 bits per heavy atom. The first-order valence-corrected chi connectivity index (χ1v) is 6.30. The highest BCUT2D eigenvalue weighted by Crippen LogP contribution is 2.14. The number of ether oxygens (including phenoxy) is 1. The maximum absolute atomic E-state index is 5.85. The van der Waals surface area contributed by atoms with E-state index in [1.165, 1.54) is 0 Å². The third-order valence-corrected chi connectivity index (χ3v) is 2.88. The number of methoxy groups -OCH3 is 1. The average molecular weight is 398 g/mol. The molecule has 6 heteroatoms. The standard InChI is InChI=1S/C15H18N4O.HI/c1-11-4-3-9-17-14(11)10-18-15(16)19-12-5-7-13(20-2)8-6-12;/h3-9H,10H2,1-2H3,(H3,16,18,19);1H. The summed E-state index contributed by atoms with van der Waals surface area (Å²) in [5, 5.41) is 3.03. The van der Waals surface area contributed by atoms with Gasteiger partial charge in [-0.2, -0.15) is 0 Å². The molecular formula is C15H19IN4O. The molecule has 0 spiro atoms. The van der Waals surface area contributed by atoms with Crippen molar-refractivity contribution in [1.82, 2.24) is 4.98 Å². The summed E-state index contributed by atoms with van der Waals surface area (Å²) in [4.78, 5) is 8.56. The van der Waals surface area contributed by atoms with Crippen molar-refractivity contribution in [3.63, 3.8) is 0 Å². The maximum atomic E-state index is 5.85. The first-order valence-electron chi connectivity index (χ1n) is 6.30. The molecule has 0 aliphatic carbocycles. The second kappa shape index (κ2) is 8.46. The minimum absolute atomic E-state index is 0. The van der Waals surface area contributed by atoms with Crippen molar-refractivity contribution in [1.29, 1.82) is 0 Å². The number of halogens is 1. The highest BCUT2D eigenvalue weighted by atomic mass is 127. The van der Waals surface area contributed by atoms with Crippen molar-refractivity contribution in [3.8, 4) is 5.75 Å². The summed E-state index contributed by atoms with van der Waals surface area (Å²) in [6.45, 7) is 2.46. The van der Waals surface area contributed by atoms with E-state index in [-0.39, 0.29) is 24.0 Å². The van der Waals surface area contributed by atoms with Gasteiger partial charge in [-0.1, -0.05) is 6.07 Å². The van der Waals surface area contributed by atoms with Gasteiger partial charge in [-0.15, -0.1) is 24.0 Å². The highest BCUT2D eigenvalue weighted by Gasteiger charge is 1.99. The molecule has 0 aliphatic rings. The molecule has 1 aromatic heterocycles. The van der Waals surface area contributed by atoms with E-state index in [1.54, 1.807) is 13.3 Å². The summed E-state index contributed by atoms with van der Waals surface area (Å²) in [5.74, 6) is 1.16. The van der Waals surface area contributed by atoms with Gasteiger partial charge in [0.25, 0.3) is 0 Å². The lowest BCUT2D eigenvalue weighted by Crippen LogP contribution is -2.22. The number of nitrogens with two attached hydrogens (primary N) is 1. The Hall–Kier alpha value is -1.83. The van der Waals surface area contributed by atoms with Crippen LogP contribution < -0.4 is 15.8 Å². The second-order valence-electron chi connectivity index (χ2n) is 4.32. The maximum Gasteiger partial charge on any atom is 0.193 e. The van der Waals surface area contributed by atoms with E-state index < -0.39 is 0 Å². The molecule has 0 atom stereocenters. The molecule has 3 N–H and O–H groups in total. The Kier molecular flexibility index (Phi) is 6.93. The van der Waals surface area contributed by atoms with Crippen molar-refractivity contribution < 1.29 is 4.74 Å². The molecular weight excluding hydrogens is 379 g/mol. The fraction of sp³-hybridized carbons (Fsp3) is 0.200. The molecule has 2 aromatic rings. The Labute approximate surface area is 141 Å². The largest absolute Gasteiger partial charge is 0.497 e. The molecule has 112 valence electrons. The second-order valence-corrected chi connectivity index (χ2v) is 4.32. The molecule has 2 rings (SSSR count). The number of nitrogens with one attached hydrogen (secondary N) is 1. The number of rotatable bonds is 4. The Morgan fingerprint density at radius 1 is 1.29 bits per heavy atom. The zero-order valence-corrected chi connectivity index (χ0v) is 14.4. The van der Waals surface area contributed by atoms with Gasteiger partial charge < -0.3 is 15.8 Å². The monoisotopic (exact) mass is 398 g/mol. The SMILES string of the molecule is COc1ccc(NC(N)=NCc2ncccc2C)cc1.I. The number of benzene rings is 1. The molecule has 1 heterocycles. The summed E-state index contributed by atoms with van der Waals surface area (Å²) in [6, 6.07) is 11.4. The Morgan fingerprint density at radius 2 is 2.00 bits per heavy atom. The van der Waals surface area contributed by atoms with Crippen molar-refractivity contribution in [2.75, 3.05) is 12.4 Å². The summed E-state index contributed by atoms with van der Waals surface area (Å²) >= 11 is 0. The molecule has 0 saturated carbocycles. The van der Waals surface area contributed by atoms with Crippen molar-refractivity contribution in [2.24, 2.45) is 10.7 Å². The number of pyridine rings is 1. The van der Waals surface area contributed by atoms with Crippen molar-refractivity contribution in [2.45, 2.75) is 13.5 Å². The van der Waals surface area contributed by atoms with Crippen LogP contribution in [-0.2, 0) is 6.54 Å². The van der Waals surface area contributed by atoms with Gasteiger partial charge in [0.05, 0.1) is 19.3 Å². The molecule has 0 unspecified atom stereocenters. The number of hydrogen-bond acceptors (Lipinski definition) is 3. The van der Waals surface area contributed by atoms with Crippen LogP contribution in [0.1, 0.15) is 11.3 Å². The minimum Gasteiger partial charge on any atom is -0.497 e.